The number of aromatic nitrogens is 3. The zero-order valence-corrected chi connectivity index (χ0v) is 17.9. The number of fused-ring (bicyclic) bond motifs is 1. The highest BCUT2D eigenvalue weighted by molar-refractivity contribution is 6.09. The van der Waals surface area contributed by atoms with Crippen LogP contribution in [0.1, 0.15) is 23.2 Å². The van der Waals surface area contributed by atoms with E-state index in [1.807, 2.05) is 54.6 Å². The van der Waals surface area contributed by atoms with E-state index < -0.39 is 0 Å². The number of piperidine rings is 1. The fourth-order valence-corrected chi connectivity index (χ4v) is 4.48. The van der Waals surface area contributed by atoms with E-state index in [9.17, 15) is 9.59 Å². The van der Waals surface area contributed by atoms with E-state index in [0.717, 1.165) is 34.7 Å². The molecule has 1 aliphatic heterocycles. The highest BCUT2D eigenvalue weighted by Gasteiger charge is 2.28. The molecule has 0 amide bonds. The summed E-state index contributed by atoms with van der Waals surface area (Å²) in [4.78, 5) is 36.8. The molecule has 0 spiro atoms. The largest absolute Gasteiger partial charge is 0.342 e. The summed E-state index contributed by atoms with van der Waals surface area (Å²) in [6, 6.07) is 19.2. The molecule has 0 aliphatic carbocycles. The molecule has 1 saturated heterocycles. The Labute approximate surface area is 186 Å². The predicted octanol–water partition coefficient (Wildman–Crippen LogP) is 4.09. The number of anilines is 1. The van der Waals surface area contributed by atoms with Crippen molar-refractivity contribution in [1.29, 1.82) is 0 Å². The number of Topliss-reactive ketones (excluding diaryl/α,β-unsaturated/α-hetero) is 1. The van der Waals surface area contributed by atoms with Crippen molar-refractivity contribution in [2.24, 2.45) is 13.0 Å². The molecule has 2 aromatic heterocycles. The Bertz CT molecular complexity index is 1330. The lowest BCUT2D eigenvalue weighted by atomic mass is 9.87. The number of carbonyl (C=O) groups is 1. The van der Waals surface area contributed by atoms with Gasteiger partial charge in [-0.15, -0.1) is 0 Å². The summed E-state index contributed by atoms with van der Waals surface area (Å²) in [5.74, 6) is 0.812. The summed E-state index contributed by atoms with van der Waals surface area (Å²) in [5, 5.41) is 2.10. The van der Waals surface area contributed by atoms with Crippen molar-refractivity contribution in [2.75, 3.05) is 18.0 Å². The molecule has 5 rings (SSSR count). The molecule has 6 nitrogen and oxygen atoms in total. The van der Waals surface area contributed by atoms with Gasteiger partial charge in [0, 0.05) is 55.6 Å². The van der Waals surface area contributed by atoms with E-state index in [1.165, 1.54) is 0 Å². The molecular weight excluding hydrogens is 400 g/mol. The monoisotopic (exact) mass is 424 g/mol. The predicted molar refractivity (Wildman–Crippen MR) is 126 cm³/mol. The lowest BCUT2D eigenvalue weighted by Crippen LogP contribution is -2.40. The number of hydrogen-bond acceptors (Lipinski definition) is 5. The van der Waals surface area contributed by atoms with Gasteiger partial charge in [0.15, 0.2) is 5.78 Å². The van der Waals surface area contributed by atoms with Gasteiger partial charge < -0.3 is 4.90 Å². The third-order valence-electron chi connectivity index (χ3n) is 6.29. The van der Waals surface area contributed by atoms with E-state index in [2.05, 4.69) is 9.88 Å². The van der Waals surface area contributed by atoms with Crippen LogP contribution in [0.3, 0.4) is 0 Å². The van der Waals surface area contributed by atoms with Gasteiger partial charge in [0.05, 0.1) is 5.69 Å². The molecule has 32 heavy (non-hydrogen) atoms. The Balaban J connectivity index is 1.37. The van der Waals surface area contributed by atoms with Gasteiger partial charge in [-0.3, -0.25) is 19.1 Å². The van der Waals surface area contributed by atoms with Crippen LogP contribution in [0.25, 0.3) is 22.0 Å². The van der Waals surface area contributed by atoms with Crippen molar-refractivity contribution in [2.45, 2.75) is 12.8 Å². The SMILES string of the molecule is Cn1c(N2CCC(C(=O)c3cccc4ccccc34)CC2)nc(-c2ccncc2)cc1=O. The van der Waals surface area contributed by atoms with Crippen LogP contribution in [0.5, 0.6) is 0 Å². The molecule has 4 aromatic rings. The van der Waals surface area contributed by atoms with E-state index in [-0.39, 0.29) is 17.3 Å². The van der Waals surface area contributed by atoms with Gasteiger partial charge in [-0.05, 0) is 35.7 Å². The van der Waals surface area contributed by atoms with Gasteiger partial charge in [-0.1, -0.05) is 42.5 Å². The first-order valence-corrected chi connectivity index (χ1v) is 10.9. The molecule has 6 heteroatoms. The quantitative estimate of drug-likeness (QED) is 0.462. The van der Waals surface area contributed by atoms with Crippen molar-refractivity contribution >= 4 is 22.5 Å². The third-order valence-corrected chi connectivity index (χ3v) is 6.29. The third kappa shape index (κ3) is 3.68. The first kappa shape index (κ1) is 20.1. The van der Waals surface area contributed by atoms with Crippen molar-refractivity contribution < 1.29 is 4.79 Å². The fraction of sp³-hybridized carbons (Fsp3) is 0.231. The molecule has 0 bridgehead atoms. The van der Waals surface area contributed by atoms with Crippen LogP contribution in [0.4, 0.5) is 5.95 Å². The fourth-order valence-electron chi connectivity index (χ4n) is 4.48. The first-order chi connectivity index (χ1) is 15.6. The van der Waals surface area contributed by atoms with Crippen LogP contribution in [-0.2, 0) is 7.05 Å². The number of nitrogens with zero attached hydrogens (tertiary/aromatic N) is 4. The Morgan fingerprint density at radius 2 is 1.69 bits per heavy atom. The van der Waals surface area contributed by atoms with Crippen molar-refractivity contribution in [1.82, 2.24) is 14.5 Å². The number of carbonyl (C=O) groups excluding carboxylic acids is 1. The normalized spacial score (nSPS) is 14.6. The minimum Gasteiger partial charge on any atom is -0.342 e. The summed E-state index contributed by atoms with van der Waals surface area (Å²) in [7, 11) is 1.74. The van der Waals surface area contributed by atoms with Gasteiger partial charge in [-0.2, -0.15) is 0 Å². The molecule has 0 atom stereocenters. The number of rotatable bonds is 4. The highest BCUT2D eigenvalue weighted by atomic mass is 16.1. The zero-order valence-electron chi connectivity index (χ0n) is 17.9. The average molecular weight is 425 g/mol. The maximum Gasteiger partial charge on any atom is 0.255 e. The van der Waals surface area contributed by atoms with Crippen LogP contribution in [-0.4, -0.2) is 33.4 Å². The first-order valence-electron chi connectivity index (χ1n) is 10.9. The highest BCUT2D eigenvalue weighted by Crippen LogP contribution is 2.28. The van der Waals surface area contributed by atoms with Crippen molar-refractivity contribution in [3.8, 4) is 11.3 Å². The Kier molecular flexibility index (Phi) is 5.27. The average Bonchev–Trinajstić information content (AvgIpc) is 2.85. The van der Waals surface area contributed by atoms with Gasteiger partial charge in [0.25, 0.3) is 5.56 Å². The van der Waals surface area contributed by atoms with Crippen molar-refractivity contribution in [3.05, 3.63) is 89.0 Å². The molecule has 160 valence electrons. The maximum absolute atomic E-state index is 13.3. The van der Waals surface area contributed by atoms with E-state index in [0.29, 0.717) is 24.7 Å². The standard InChI is InChI=1S/C26H24N4O2/c1-29-24(31)17-23(19-9-13-27-14-10-19)28-26(29)30-15-11-20(12-16-30)25(32)22-8-4-6-18-5-2-3-7-21(18)22/h2-10,13-14,17,20H,11-12,15-16H2,1H3. The van der Waals surface area contributed by atoms with Crippen LogP contribution in [0.2, 0.25) is 0 Å². The smallest absolute Gasteiger partial charge is 0.255 e. The topological polar surface area (TPSA) is 68.1 Å². The second kappa shape index (κ2) is 8.38. The summed E-state index contributed by atoms with van der Waals surface area (Å²) in [5.41, 5.74) is 2.20. The molecule has 2 aromatic carbocycles. The summed E-state index contributed by atoms with van der Waals surface area (Å²) >= 11 is 0. The zero-order chi connectivity index (χ0) is 22.1. The Morgan fingerprint density at radius 3 is 2.47 bits per heavy atom. The van der Waals surface area contributed by atoms with Crippen LogP contribution >= 0.6 is 0 Å². The van der Waals surface area contributed by atoms with Crippen LogP contribution < -0.4 is 10.5 Å². The van der Waals surface area contributed by atoms with Gasteiger partial charge in [-0.25, -0.2) is 4.98 Å². The molecule has 1 aliphatic rings. The second-order valence-electron chi connectivity index (χ2n) is 8.23. The summed E-state index contributed by atoms with van der Waals surface area (Å²) in [6.45, 7) is 1.36. The summed E-state index contributed by atoms with van der Waals surface area (Å²) < 4.78 is 1.58. The maximum atomic E-state index is 13.3. The Morgan fingerprint density at radius 1 is 0.969 bits per heavy atom. The molecule has 0 saturated carbocycles. The van der Waals surface area contributed by atoms with Crippen molar-refractivity contribution in [3.63, 3.8) is 0 Å². The molecule has 0 N–H and O–H groups in total. The number of benzene rings is 2. The van der Waals surface area contributed by atoms with E-state index in [1.54, 1.807) is 30.1 Å². The van der Waals surface area contributed by atoms with Crippen LogP contribution in [0.15, 0.2) is 77.9 Å². The molecule has 0 unspecified atom stereocenters. The van der Waals surface area contributed by atoms with Gasteiger partial charge in [0.1, 0.15) is 0 Å². The Hall–Kier alpha value is -3.80. The number of pyridine rings is 1. The van der Waals surface area contributed by atoms with Gasteiger partial charge >= 0.3 is 0 Å². The molecular formula is C26H24N4O2. The lowest BCUT2D eigenvalue weighted by Gasteiger charge is -2.33. The minimum absolute atomic E-state index is 0.0301. The second-order valence-corrected chi connectivity index (χ2v) is 8.23. The van der Waals surface area contributed by atoms with E-state index in [4.69, 9.17) is 4.98 Å². The molecule has 0 radical (unpaired) electrons. The molecule has 3 heterocycles. The minimum atomic E-state index is -0.101. The summed E-state index contributed by atoms with van der Waals surface area (Å²) in [6.07, 6.45) is 4.85. The number of ketones is 1. The van der Waals surface area contributed by atoms with Crippen LogP contribution in [0, 0.1) is 5.92 Å². The number of hydrogen-bond donors (Lipinski definition) is 0. The van der Waals surface area contributed by atoms with Gasteiger partial charge in [0.2, 0.25) is 5.95 Å². The van der Waals surface area contributed by atoms with E-state index >= 15 is 0 Å². The lowest BCUT2D eigenvalue weighted by molar-refractivity contribution is 0.0902. The molecule has 1 fully saturated rings.